The van der Waals surface area contributed by atoms with Crippen LogP contribution in [-0.2, 0) is 9.84 Å². The predicted molar refractivity (Wildman–Crippen MR) is 17.4 cm³/mol. The highest BCUT2D eigenvalue weighted by Gasteiger charge is 1.91. The molecule has 5 nitrogen and oxygen atoms in total. The van der Waals surface area contributed by atoms with E-state index in [1.165, 1.54) is 0 Å². The Morgan fingerprint density at radius 3 is 2.57 bits per heavy atom. The summed E-state index contributed by atoms with van der Waals surface area (Å²) in [5.41, 5.74) is 0. The average molecular weight is 104 g/mol. The molecule has 0 aromatic carbocycles. The number of oxime groups is 1. The third-order valence-electron chi connectivity index (χ3n) is 0.196. The topological polar surface area (TPSA) is 78.8 Å². The van der Waals surface area contributed by atoms with Gasteiger partial charge in [0.1, 0.15) is 0 Å². The van der Waals surface area contributed by atoms with Gasteiger partial charge in [-0.15, -0.1) is 0 Å². The summed E-state index contributed by atoms with van der Waals surface area (Å²) < 4.78 is 3.45. The van der Waals surface area contributed by atoms with Crippen LogP contribution < -0.4 is 0 Å². The monoisotopic (exact) mass is 104 g/mol. The van der Waals surface area contributed by atoms with Crippen LogP contribution in [0.4, 0.5) is 4.79 Å². The van der Waals surface area contributed by atoms with Gasteiger partial charge in [0.2, 0.25) is 6.40 Å². The molecule has 0 saturated carbocycles. The minimum Gasteiger partial charge on any atom is -0.408 e. The van der Waals surface area contributed by atoms with Crippen LogP contribution in [0.3, 0.4) is 0 Å². The molecule has 0 aromatic rings. The molecule has 7 heavy (non-hydrogen) atoms. The highest BCUT2D eigenvalue weighted by atomic mass is 16.7. The standard InChI is InChI=1S/C2H2NO4/c4-2(5)7-1-3-6/h1,6H. The van der Waals surface area contributed by atoms with E-state index >= 15 is 0 Å². The van der Waals surface area contributed by atoms with Crippen LogP contribution in [0, 0.1) is 0 Å². The summed E-state index contributed by atoms with van der Waals surface area (Å²) in [6, 6.07) is 0. The van der Waals surface area contributed by atoms with Crippen molar-refractivity contribution >= 4 is 12.6 Å². The van der Waals surface area contributed by atoms with Crippen LogP contribution in [0.1, 0.15) is 0 Å². The van der Waals surface area contributed by atoms with Crippen molar-refractivity contribution in [3.05, 3.63) is 0 Å². The largest absolute Gasteiger partial charge is 0.556 e. The summed E-state index contributed by atoms with van der Waals surface area (Å²) in [7, 11) is 0. The second-order valence-electron chi connectivity index (χ2n) is 0.589. The Balaban J connectivity index is 3.14. The van der Waals surface area contributed by atoms with E-state index in [2.05, 4.69) is 9.89 Å². The Bertz CT molecular complexity index is 87.7. The zero-order chi connectivity index (χ0) is 5.70. The fourth-order valence-electron chi connectivity index (χ4n) is 0.0666. The van der Waals surface area contributed by atoms with Gasteiger partial charge in [-0.05, 0) is 0 Å². The molecular weight excluding hydrogens is 102 g/mol. The van der Waals surface area contributed by atoms with Crippen LogP contribution in [0.25, 0.3) is 0 Å². The molecule has 0 aromatic heterocycles. The molecule has 0 heterocycles. The van der Waals surface area contributed by atoms with E-state index in [4.69, 9.17) is 5.21 Å². The molecule has 1 N–H and O–H groups in total. The van der Waals surface area contributed by atoms with Gasteiger partial charge in [0, 0.05) is 0 Å². The first-order chi connectivity index (χ1) is 3.27. The zero-order valence-electron chi connectivity index (χ0n) is 3.20. The lowest BCUT2D eigenvalue weighted by Gasteiger charge is -1.77. The molecule has 0 atom stereocenters. The molecule has 0 aliphatic rings. The minimum absolute atomic E-state index is 0.343. The van der Waals surface area contributed by atoms with Crippen LogP contribution in [0.2, 0.25) is 0 Å². The maximum absolute atomic E-state index is 9.22. The van der Waals surface area contributed by atoms with Crippen LogP contribution in [-0.4, -0.2) is 17.8 Å². The zero-order valence-corrected chi connectivity index (χ0v) is 3.20. The number of nitrogens with zero attached hydrogens (tertiary/aromatic N) is 1. The molecule has 0 fully saturated rings. The van der Waals surface area contributed by atoms with Crippen LogP contribution >= 0.6 is 0 Å². The fourth-order valence-corrected chi connectivity index (χ4v) is 0.0666. The SMILES string of the molecule is [O]C(=O)OC=NO. The lowest BCUT2D eigenvalue weighted by molar-refractivity contribution is 0.114. The third kappa shape index (κ3) is 4.74. The van der Waals surface area contributed by atoms with Crippen molar-refractivity contribution in [3.63, 3.8) is 0 Å². The molecule has 0 rings (SSSR count). The second-order valence-corrected chi connectivity index (χ2v) is 0.589. The number of hydrogen-bond donors (Lipinski definition) is 1. The number of hydrogen-bond acceptors (Lipinski definition) is 4. The van der Waals surface area contributed by atoms with E-state index in [0.29, 0.717) is 6.40 Å². The molecule has 0 unspecified atom stereocenters. The quantitative estimate of drug-likeness (QED) is 0.167. The van der Waals surface area contributed by atoms with Gasteiger partial charge in [-0.2, -0.15) is 9.90 Å². The maximum Gasteiger partial charge on any atom is 0.556 e. The Kier molecular flexibility index (Phi) is 2.42. The van der Waals surface area contributed by atoms with Gasteiger partial charge in [0.15, 0.2) is 0 Å². The van der Waals surface area contributed by atoms with Gasteiger partial charge in [-0.1, -0.05) is 5.16 Å². The van der Waals surface area contributed by atoms with Crippen molar-refractivity contribution in [2.24, 2.45) is 5.16 Å². The molecule has 0 bridgehead atoms. The summed E-state index contributed by atoms with van der Waals surface area (Å²) in [4.78, 5) is 9.22. The molecular formula is C2H2NO4. The van der Waals surface area contributed by atoms with Crippen molar-refractivity contribution in [2.75, 3.05) is 0 Å². The van der Waals surface area contributed by atoms with E-state index in [-0.39, 0.29) is 0 Å². The van der Waals surface area contributed by atoms with Crippen molar-refractivity contribution in [3.8, 4) is 0 Å². The first-order valence-electron chi connectivity index (χ1n) is 1.31. The van der Waals surface area contributed by atoms with Gasteiger partial charge in [0.25, 0.3) is 0 Å². The van der Waals surface area contributed by atoms with Crippen molar-refractivity contribution in [1.82, 2.24) is 0 Å². The second kappa shape index (κ2) is 2.95. The molecule has 0 spiro atoms. The third-order valence-corrected chi connectivity index (χ3v) is 0.196. The number of carbonyl (C=O) groups is 1. The Hall–Kier alpha value is -1.26. The minimum atomic E-state index is -1.75. The van der Waals surface area contributed by atoms with Gasteiger partial charge >= 0.3 is 6.16 Å². The summed E-state index contributed by atoms with van der Waals surface area (Å²) in [6.07, 6.45) is -1.41. The van der Waals surface area contributed by atoms with Gasteiger partial charge in [-0.25, -0.2) is 0 Å². The lowest BCUT2D eigenvalue weighted by atomic mass is 11.3. The molecule has 1 radical (unpaired) electrons. The predicted octanol–water partition coefficient (Wildman–Crippen LogP) is -0.0290. The van der Waals surface area contributed by atoms with E-state index in [1.54, 1.807) is 0 Å². The average Bonchev–Trinajstić information content (AvgIpc) is 1.61. The number of ether oxygens (including phenoxy) is 1. The highest BCUT2D eigenvalue weighted by Crippen LogP contribution is 1.67. The molecule has 0 saturated heterocycles. The molecule has 0 aliphatic carbocycles. The summed E-state index contributed by atoms with van der Waals surface area (Å²) >= 11 is 0. The van der Waals surface area contributed by atoms with Crippen LogP contribution in [0.15, 0.2) is 5.16 Å². The normalized spacial score (nSPS) is 9.14. The van der Waals surface area contributed by atoms with E-state index in [0.717, 1.165) is 0 Å². The molecule has 5 heteroatoms. The first kappa shape index (κ1) is 5.74. The smallest absolute Gasteiger partial charge is 0.408 e. The van der Waals surface area contributed by atoms with E-state index < -0.39 is 6.16 Å². The molecule has 39 valence electrons. The lowest BCUT2D eigenvalue weighted by Crippen LogP contribution is -1.93. The Morgan fingerprint density at radius 2 is 2.43 bits per heavy atom. The maximum atomic E-state index is 9.22. The molecule has 0 amide bonds. The van der Waals surface area contributed by atoms with Gasteiger partial charge in [-0.3, -0.25) is 0 Å². The fraction of sp³-hybridized carbons (Fsp3) is 0. The Labute approximate surface area is 38.8 Å². The summed E-state index contributed by atoms with van der Waals surface area (Å²) in [6.45, 7) is 0. The van der Waals surface area contributed by atoms with Crippen molar-refractivity contribution in [2.45, 2.75) is 0 Å². The van der Waals surface area contributed by atoms with E-state index in [9.17, 15) is 9.90 Å². The van der Waals surface area contributed by atoms with E-state index in [1.807, 2.05) is 0 Å². The first-order valence-corrected chi connectivity index (χ1v) is 1.31. The van der Waals surface area contributed by atoms with Crippen molar-refractivity contribution < 1.29 is 19.8 Å². The van der Waals surface area contributed by atoms with Crippen LogP contribution in [0.5, 0.6) is 0 Å². The van der Waals surface area contributed by atoms with Crippen molar-refractivity contribution in [1.29, 1.82) is 0 Å². The summed E-state index contributed by atoms with van der Waals surface area (Å²) in [5, 5.41) is 18.9. The number of carbonyl (C=O) groups excluding carboxylic acids is 1. The number of rotatable bonds is 1. The molecule has 0 aliphatic heterocycles. The van der Waals surface area contributed by atoms with Gasteiger partial charge in [0.05, 0.1) is 0 Å². The Morgan fingerprint density at radius 1 is 1.86 bits per heavy atom. The highest BCUT2D eigenvalue weighted by molar-refractivity contribution is 5.68. The van der Waals surface area contributed by atoms with Gasteiger partial charge < -0.3 is 9.94 Å². The summed E-state index contributed by atoms with van der Waals surface area (Å²) in [5.74, 6) is 0.